The zero-order valence-corrected chi connectivity index (χ0v) is 24.6. The minimum absolute atomic E-state index is 0.0712. The highest BCUT2D eigenvalue weighted by molar-refractivity contribution is 5.89. The van der Waals surface area contributed by atoms with Gasteiger partial charge in [0.15, 0.2) is 0 Å². The van der Waals surface area contributed by atoms with Crippen LogP contribution in [0.1, 0.15) is 51.7 Å². The molecule has 0 saturated carbocycles. The van der Waals surface area contributed by atoms with Crippen LogP contribution in [0.2, 0.25) is 0 Å². The van der Waals surface area contributed by atoms with Crippen molar-refractivity contribution in [3.05, 3.63) is 71.8 Å². The van der Waals surface area contributed by atoms with E-state index >= 15 is 0 Å². The summed E-state index contributed by atoms with van der Waals surface area (Å²) in [4.78, 5) is 53.7. The Bertz CT molecular complexity index is 1200. The van der Waals surface area contributed by atoms with Crippen molar-refractivity contribution in [3.63, 3.8) is 0 Å². The van der Waals surface area contributed by atoms with Crippen molar-refractivity contribution >= 4 is 24.1 Å². The highest BCUT2D eigenvalue weighted by Crippen LogP contribution is 2.21. The van der Waals surface area contributed by atoms with Crippen molar-refractivity contribution in [2.75, 3.05) is 13.1 Å². The van der Waals surface area contributed by atoms with Crippen molar-refractivity contribution in [3.8, 4) is 0 Å². The van der Waals surface area contributed by atoms with Gasteiger partial charge in [0.1, 0.15) is 24.3 Å². The fraction of sp³-hybridized carbons (Fsp3) is 0.484. The number of hydrogen-bond acceptors (Lipinski definition) is 7. The predicted octanol–water partition coefficient (Wildman–Crippen LogP) is 3.59. The Morgan fingerprint density at radius 2 is 1.62 bits per heavy atom. The molecule has 1 aliphatic rings. The number of ether oxygens (including phenoxy) is 2. The van der Waals surface area contributed by atoms with E-state index in [9.17, 15) is 29.4 Å². The molecule has 1 aliphatic heterocycles. The zero-order valence-electron chi connectivity index (χ0n) is 24.6. The molecule has 228 valence electrons. The van der Waals surface area contributed by atoms with E-state index in [0.717, 1.165) is 16.0 Å². The normalized spacial score (nSPS) is 17.1. The molecule has 4 atom stereocenters. The molecule has 1 fully saturated rings. The minimum atomic E-state index is -1.34. The first-order chi connectivity index (χ1) is 19.9. The summed E-state index contributed by atoms with van der Waals surface area (Å²) in [5, 5.41) is 23.7. The number of benzene rings is 2. The lowest BCUT2D eigenvalue weighted by Gasteiger charge is -2.35. The van der Waals surface area contributed by atoms with Crippen LogP contribution in [0.15, 0.2) is 60.7 Å². The summed E-state index contributed by atoms with van der Waals surface area (Å²) in [6.45, 7) is 6.43. The molecule has 0 aromatic heterocycles. The van der Waals surface area contributed by atoms with E-state index in [2.05, 4.69) is 5.32 Å². The standard InChI is InChI=1S/C31H41N3O8/c1-21(27(36)33-17-11-16-25(33)28(37)38)34(30(40)41-20-23-14-9-6-10-15-23)19-26(35)24(18-22-12-7-5-8-13-22)32-29(39)42-31(2,3)4/h5-10,12-15,21,24-26,35H,11,16-20H2,1-4H3,(H,32,39)(H,37,38)/t21-,24?,25-,26?/m0/s1. The number of likely N-dealkylation sites (tertiary alicyclic amines) is 1. The van der Waals surface area contributed by atoms with Gasteiger partial charge in [-0.1, -0.05) is 60.7 Å². The van der Waals surface area contributed by atoms with Gasteiger partial charge in [0.2, 0.25) is 5.91 Å². The van der Waals surface area contributed by atoms with Crippen molar-refractivity contribution in [1.82, 2.24) is 15.1 Å². The monoisotopic (exact) mass is 583 g/mol. The third-order valence-electron chi connectivity index (χ3n) is 6.93. The second-order valence-electron chi connectivity index (χ2n) is 11.4. The fourth-order valence-electron chi connectivity index (χ4n) is 4.79. The maximum absolute atomic E-state index is 13.5. The maximum Gasteiger partial charge on any atom is 0.410 e. The van der Waals surface area contributed by atoms with Gasteiger partial charge in [0.25, 0.3) is 0 Å². The summed E-state index contributed by atoms with van der Waals surface area (Å²) in [7, 11) is 0. The number of aliphatic hydroxyl groups excluding tert-OH is 1. The molecule has 2 unspecified atom stereocenters. The molecule has 11 heteroatoms. The van der Waals surface area contributed by atoms with Gasteiger partial charge in [-0.2, -0.15) is 0 Å². The number of hydrogen-bond donors (Lipinski definition) is 3. The van der Waals surface area contributed by atoms with Gasteiger partial charge in [0.05, 0.1) is 18.7 Å². The molecule has 2 aromatic rings. The first-order valence-corrected chi connectivity index (χ1v) is 14.1. The van der Waals surface area contributed by atoms with E-state index in [0.29, 0.717) is 12.8 Å². The number of alkyl carbamates (subject to hydrolysis) is 1. The molecule has 3 rings (SSSR count). The summed E-state index contributed by atoms with van der Waals surface area (Å²) in [6, 6.07) is 15.1. The van der Waals surface area contributed by atoms with Gasteiger partial charge in [-0.3, -0.25) is 9.69 Å². The van der Waals surface area contributed by atoms with E-state index in [1.165, 1.54) is 11.8 Å². The number of rotatable bonds is 11. The van der Waals surface area contributed by atoms with E-state index in [1.54, 1.807) is 45.0 Å². The quantitative estimate of drug-likeness (QED) is 0.364. The Balaban J connectivity index is 1.85. The fourth-order valence-corrected chi connectivity index (χ4v) is 4.79. The van der Waals surface area contributed by atoms with Crippen LogP contribution < -0.4 is 5.32 Å². The molecule has 0 aliphatic carbocycles. The third-order valence-corrected chi connectivity index (χ3v) is 6.93. The number of aliphatic carboxylic acids is 1. The summed E-state index contributed by atoms with van der Waals surface area (Å²) < 4.78 is 10.9. The van der Waals surface area contributed by atoms with Gasteiger partial charge in [0, 0.05) is 6.54 Å². The van der Waals surface area contributed by atoms with Crippen LogP contribution >= 0.6 is 0 Å². The topological polar surface area (TPSA) is 146 Å². The van der Waals surface area contributed by atoms with E-state index < -0.39 is 53.9 Å². The van der Waals surface area contributed by atoms with E-state index in [4.69, 9.17) is 9.47 Å². The number of aliphatic hydroxyl groups is 1. The van der Waals surface area contributed by atoms with E-state index in [1.807, 2.05) is 36.4 Å². The van der Waals surface area contributed by atoms with Crippen LogP contribution in [0.5, 0.6) is 0 Å². The van der Waals surface area contributed by atoms with Gasteiger partial charge in [-0.05, 0) is 58.1 Å². The first kappa shape index (κ1) is 32.4. The number of nitrogens with one attached hydrogen (secondary N) is 1. The predicted molar refractivity (Wildman–Crippen MR) is 154 cm³/mol. The SMILES string of the molecule is C[C@@H](C(=O)N1CCC[C@H]1C(=O)O)N(CC(O)C(Cc1ccccc1)NC(=O)OC(C)(C)C)C(=O)OCc1ccccc1. The van der Waals surface area contributed by atoms with Crippen molar-refractivity contribution in [2.24, 2.45) is 0 Å². The molecule has 1 heterocycles. The summed E-state index contributed by atoms with van der Waals surface area (Å²) in [6.07, 6.45) is -1.90. The number of carbonyl (C=O) groups excluding carboxylic acids is 3. The summed E-state index contributed by atoms with van der Waals surface area (Å²) in [5.41, 5.74) is 0.766. The molecule has 1 saturated heterocycles. The highest BCUT2D eigenvalue weighted by Gasteiger charge is 2.40. The molecule has 3 N–H and O–H groups in total. The average molecular weight is 584 g/mol. The lowest BCUT2D eigenvalue weighted by atomic mass is 10.0. The number of carboxylic acids is 1. The highest BCUT2D eigenvalue weighted by atomic mass is 16.6. The molecule has 11 nitrogen and oxygen atoms in total. The second kappa shape index (κ2) is 14.7. The number of carboxylic acid groups (broad SMARTS) is 1. The maximum atomic E-state index is 13.5. The molecular formula is C31H41N3O8. The van der Waals surface area contributed by atoms with Gasteiger partial charge >= 0.3 is 18.2 Å². The number of nitrogens with zero attached hydrogens (tertiary/aromatic N) is 2. The Morgan fingerprint density at radius 1 is 1.02 bits per heavy atom. The Morgan fingerprint density at radius 3 is 2.19 bits per heavy atom. The minimum Gasteiger partial charge on any atom is -0.480 e. The molecule has 3 amide bonds. The molecule has 0 radical (unpaired) electrons. The van der Waals surface area contributed by atoms with Crippen molar-refractivity contribution in [1.29, 1.82) is 0 Å². The zero-order chi connectivity index (χ0) is 30.9. The van der Waals surface area contributed by atoms with E-state index in [-0.39, 0.29) is 26.1 Å². The average Bonchev–Trinajstić information content (AvgIpc) is 3.44. The second-order valence-corrected chi connectivity index (χ2v) is 11.4. The third kappa shape index (κ3) is 9.47. The summed E-state index contributed by atoms with van der Waals surface area (Å²) in [5.74, 6) is -1.68. The Hall–Kier alpha value is -4.12. The van der Waals surface area contributed by atoms with Crippen LogP contribution in [-0.4, -0.2) is 87.0 Å². The summed E-state index contributed by atoms with van der Waals surface area (Å²) >= 11 is 0. The molecule has 0 spiro atoms. The van der Waals surface area contributed by atoms with Crippen LogP contribution in [0, 0.1) is 0 Å². The van der Waals surface area contributed by atoms with Crippen molar-refractivity contribution < 1.29 is 38.9 Å². The molecule has 0 bridgehead atoms. The van der Waals surface area contributed by atoms with Gasteiger partial charge < -0.3 is 29.9 Å². The van der Waals surface area contributed by atoms with Gasteiger partial charge in [-0.25, -0.2) is 14.4 Å². The van der Waals surface area contributed by atoms with Crippen LogP contribution in [0.3, 0.4) is 0 Å². The molecule has 42 heavy (non-hydrogen) atoms. The van der Waals surface area contributed by atoms with Crippen LogP contribution in [0.25, 0.3) is 0 Å². The number of amides is 3. The Labute approximate surface area is 246 Å². The van der Waals surface area contributed by atoms with Crippen LogP contribution in [-0.2, 0) is 32.1 Å². The number of carbonyl (C=O) groups is 4. The lowest BCUT2D eigenvalue weighted by Crippen LogP contribution is -2.57. The first-order valence-electron chi connectivity index (χ1n) is 14.1. The molecule has 2 aromatic carbocycles. The smallest absolute Gasteiger partial charge is 0.410 e. The van der Waals surface area contributed by atoms with Gasteiger partial charge in [-0.15, -0.1) is 0 Å². The van der Waals surface area contributed by atoms with Crippen molar-refractivity contribution in [2.45, 2.75) is 83.4 Å². The Kier molecular flexibility index (Phi) is 11.3. The van der Waals surface area contributed by atoms with Crippen LogP contribution in [0.4, 0.5) is 9.59 Å². The lowest BCUT2D eigenvalue weighted by molar-refractivity contribution is -0.150. The molecular weight excluding hydrogens is 542 g/mol. The largest absolute Gasteiger partial charge is 0.480 e.